The van der Waals surface area contributed by atoms with E-state index in [0.29, 0.717) is 49.7 Å². The highest BCUT2D eigenvalue weighted by atomic mass is 16.5. The van der Waals surface area contributed by atoms with Crippen molar-refractivity contribution in [3.8, 4) is 17.0 Å². The van der Waals surface area contributed by atoms with Crippen LogP contribution in [0.3, 0.4) is 0 Å². The second-order valence-corrected chi connectivity index (χ2v) is 7.51. The molecule has 1 N–H and O–H groups in total. The van der Waals surface area contributed by atoms with E-state index in [4.69, 9.17) is 9.47 Å². The molecule has 0 atom stereocenters. The van der Waals surface area contributed by atoms with Gasteiger partial charge in [-0.2, -0.15) is 9.61 Å². The van der Waals surface area contributed by atoms with Crippen LogP contribution in [0.25, 0.3) is 16.9 Å². The largest absolute Gasteiger partial charge is 0.496 e. The number of nitrogens with one attached hydrogen (secondary N) is 1. The van der Waals surface area contributed by atoms with Crippen molar-refractivity contribution in [3.63, 3.8) is 0 Å². The molecule has 2 heterocycles. The van der Waals surface area contributed by atoms with Crippen LogP contribution in [-0.2, 0) is 22.5 Å². The van der Waals surface area contributed by atoms with Gasteiger partial charge in [-0.25, -0.2) is 0 Å². The van der Waals surface area contributed by atoms with Gasteiger partial charge in [-0.1, -0.05) is 12.1 Å². The third kappa shape index (κ3) is 5.02. The Balaban J connectivity index is 1.87. The zero-order valence-electron chi connectivity index (χ0n) is 19.3. The normalized spacial score (nSPS) is 11.1. The number of nitrogens with zero attached hydrogens (tertiary/aromatic N) is 3. The van der Waals surface area contributed by atoms with Crippen molar-refractivity contribution in [1.82, 2.24) is 19.5 Å². The minimum Gasteiger partial charge on any atom is -0.496 e. The van der Waals surface area contributed by atoms with E-state index in [1.165, 1.54) is 4.52 Å². The van der Waals surface area contributed by atoms with E-state index < -0.39 is 0 Å². The molecule has 1 aromatic carbocycles. The second-order valence-electron chi connectivity index (χ2n) is 7.51. The monoisotopic (exact) mass is 440 g/mol. The molecule has 0 aliphatic rings. The van der Waals surface area contributed by atoms with Gasteiger partial charge in [0, 0.05) is 55.6 Å². The number of aryl methyl sites for hydroxylation is 1. The van der Waals surface area contributed by atoms with Crippen molar-refractivity contribution in [2.45, 2.75) is 46.6 Å². The van der Waals surface area contributed by atoms with Crippen molar-refractivity contribution >= 4 is 11.6 Å². The molecule has 0 fully saturated rings. The number of hydrogen-bond donors (Lipinski definition) is 1. The van der Waals surface area contributed by atoms with Crippen molar-refractivity contribution < 1.29 is 14.3 Å². The minimum absolute atomic E-state index is 0.0707. The highest BCUT2D eigenvalue weighted by Gasteiger charge is 2.18. The van der Waals surface area contributed by atoms with Crippen LogP contribution in [0.5, 0.6) is 5.75 Å². The Bertz CT molecular complexity index is 1130. The first-order valence-electron chi connectivity index (χ1n) is 11.1. The average molecular weight is 441 g/mol. The summed E-state index contributed by atoms with van der Waals surface area (Å²) in [6.07, 6.45) is 1.38. The molecule has 8 nitrogen and oxygen atoms in total. The first kappa shape index (κ1) is 23.5. The number of para-hydroxylation sites is 1. The number of carbonyl (C=O) groups excluding carboxylic acids is 1. The summed E-state index contributed by atoms with van der Waals surface area (Å²) in [7, 11) is 1.62. The molecule has 32 heavy (non-hydrogen) atoms. The molecule has 3 aromatic rings. The van der Waals surface area contributed by atoms with Crippen LogP contribution in [0.2, 0.25) is 0 Å². The summed E-state index contributed by atoms with van der Waals surface area (Å²) >= 11 is 0. The maximum atomic E-state index is 13.3. The van der Waals surface area contributed by atoms with E-state index in [0.717, 1.165) is 23.3 Å². The van der Waals surface area contributed by atoms with E-state index in [1.807, 2.05) is 51.1 Å². The summed E-state index contributed by atoms with van der Waals surface area (Å²) in [5.74, 6) is 0.628. The Morgan fingerprint density at radius 2 is 2.00 bits per heavy atom. The molecule has 0 spiro atoms. The van der Waals surface area contributed by atoms with Crippen molar-refractivity contribution in [2.24, 2.45) is 0 Å². The molecule has 2 aromatic heterocycles. The van der Waals surface area contributed by atoms with Gasteiger partial charge in [0.2, 0.25) is 5.91 Å². The molecule has 0 radical (unpaired) electrons. The maximum absolute atomic E-state index is 13.3. The summed E-state index contributed by atoms with van der Waals surface area (Å²) in [6.45, 7) is 8.45. The average Bonchev–Trinajstić information content (AvgIpc) is 3.24. The van der Waals surface area contributed by atoms with E-state index in [-0.39, 0.29) is 17.9 Å². The fourth-order valence-electron chi connectivity index (χ4n) is 3.88. The van der Waals surface area contributed by atoms with Gasteiger partial charge >= 0.3 is 0 Å². The van der Waals surface area contributed by atoms with Crippen molar-refractivity contribution in [3.05, 3.63) is 51.9 Å². The van der Waals surface area contributed by atoms with E-state index in [2.05, 4.69) is 15.0 Å². The lowest BCUT2D eigenvalue weighted by atomic mass is 10.1. The molecule has 1 amide bonds. The first-order valence-corrected chi connectivity index (χ1v) is 11.1. The Morgan fingerprint density at radius 1 is 1.22 bits per heavy atom. The number of amides is 1. The maximum Gasteiger partial charge on any atom is 0.277 e. The van der Waals surface area contributed by atoms with Crippen LogP contribution in [-0.4, -0.2) is 47.0 Å². The zero-order valence-corrected chi connectivity index (χ0v) is 19.3. The number of rotatable bonds is 11. The summed E-state index contributed by atoms with van der Waals surface area (Å²) in [6, 6.07) is 9.51. The number of aromatic nitrogens is 3. The molecule has 0 aliphatic heterocycles. The molecule has 8 heteroatoms. The van der Waals surface area contributed by atoms with E-state index in [1.54, 1.807) is 7.11 Å². The van der Waals surface area contributed by atoms with Crippen LogP contribution in [0.4, 0.5) is 0 Å². The molecule has 3 rings (SSSR count). The van der Waals surface area contributed by atoms with E-state index in [9.17, 15) is 9.59 Å². The van der Waals surface area contributed by atoms with Gasteiger partial charge in [0.1, 0.15) is 11.4 Å². The lowest BCUT2D eigenvalue weighted by Crippen LogP contribution is -2.29. The quantitative estimate of drug-likeness (QED) is 0.463. The lowest BCUT2D eigenvalue weighted by molar-refractivity contribution is -0.121. The predicted octanol–water partition coefficient (Wildman–Crippen LogP) is 2.98. The fourth-order valence-corrected chi connectivity index (χ4v) is 3.88. The fraction of sp³-hybridized carbons (Fsp3) is 0.458. The molecule has 0 unspecified atom stereocenters. The van der Waals surface area contributed by atoms with Crippen molar-refractivity contribution in [1.29, 1.82) is 0 Å². The topological polar surface area (TPSA) is 86.9 Å². The number of fused-ring (bicyclic) bond motifs is 1. The van der Waals surface area contributed by atoms with Gasteiger partial charge in [0.05, 0.1) is 12.8 Å². The molecule has 0 saturated carbocycles. The minimum atomic E-state index is -0.188. The van der Waals surface area contributed by atoms with Gasteiger partial charge in [0.25, 0.3) is 5.56 Å². The second kappa shape index (κ2) is 10.9. The summed E-state index contributed by atoms with van der Waals surface area (Å²) in [4.78, 5) is 25.5. The SMILES string of the molecule is CCOCCCNC(=O)CCc1c(C)n(CC)c2cc(-c3ccccc3OC)nn2c1=O. The Kier molecular flexibility index (Phi) is 8.05. The van der Waals surface area contributed by atoms with Gasteiger partial charge in [-0.05, 0) is 45.7 Å². The van der Waals surface area contributed by atoms with Gasteiger partial charge in [-0.15, -0.1) is 0 Å². The Labute approximate surface area is 188 Å². The van der Waals surface area contributed by atoms with E-state index >= 15 is 0 Å². The molecule has 0 aliphatic carbocycles. The van der Waals surface area contributed by atoms with Crippen LogP contribution in [0.1, 0.15) is 37.9 Å². The van der Waals surface area contributed by atoms with Crippen LogP contribution in [0, 0.1) is 6.92 Å². The summed E-state index contributed by atoms with van der Waals surface area (Å²) in [5, 5.41) is 7.49. The first-order chi connectivity index (χ1) is 15.5. The number of methoxy groups -OCH3 is 1. The lowest BCUT2D eigenvalue weighted by Gasteiger charge is -2.14. The third-order valence-corrected chi connectivity index (χ3v) is 5.55. The standard InChI is InChI=1S/C24H32N4O4/c1-5-27-17(3)18(12-13-22(29)25-14-9-15-32-6-2)24(30)28-23(27)16-20(26-28)19-10-7-8-11-21(19)31-4/h7-8,10-11,16H,5-6,9,12-15H2,1-4H3,(H,25,29). The smallest absolute Gasteiger partial charge is 0.277 e. The highest BCUT2D eigenvalue weighted by molar-refractivity contribution is 5.76. The molecular formula is C24H32N4O4. The number of hydrogen-bond acceptors (Lipinski definition) is 5. The zero-order chi connectivity index (χ0) is 23.1. The van der Waals surface area contributed by atoms with Crippen LogP contribution < -0.4 is 15.6 Å². The van der Waals surface area contributed by atoms with Crippen LogP contribution >= 0.6 is 0 Å². The Hall–Kier alpha value is -3.13. The number of ether oxygens (including phenoxy) is 2. The molecule has 172 valence electrons. The number of carbonyl (C=O) groups is 1. The predicted molar refractivity (Wildman–Crippen MR) is 124 cm³/mol. The summed E-state index contributed by atoms with van der Waals surface area (Å²) < 4.78 is 14.2. The van der Waals surface area contributed by atoms with Crippen molar-refractivity contribution in [2.75, 3.05) is 26.9 Å². The molecule has 0 bridgehead atoms. The number of benzene rings is 1. The van der Waals surface area contributed by atoms with Gasteiger partial charge < -0.3 is 19.4 Å². The third-order valence-electron chi connectivity index (χ3n) is 5.55. The highest BCUT2D eigenvalue weighted by Crippen LogP contribution is 2.29. The van der Waals surface area contributed by atoms with Gasteiger partial charge in [-0.3, -0.25) is 9.59 Å². The van der Waals surface area contributed by atoms with Gasteiger partial charge in [0.15, 0.2) is 0 Å². The molecule has 0 saturated heterocycles. The Morgan fingerprint density at radius 3 is 2.72 bits per heavy atom. The van der Waals surface area contributed by atoms with Crippen LogP contribution in [0.15, 0.2) is 35.1 Å². The molecular weight excluding hydrogens is 408 g/mol. The summed E-state index contributed by atoms with van der Waals surface area (Å²) in [5.41, 5.74) is 3.50.